The van der Waals surface area contributed by atoms with E-state index in [1.54, 1.807) is 0 Å². The molecule has 1 N–H and O–H groups in total. The third-order valence-corrected chi connectivity index (χ3v) is 6.24. The summed E-state index contributed by atoms with van der Waals surface area (Å²) in [4.78, 5) is 36.8. The summed E-state index contributed by atoms with van der Waals surface area (Å²) in [6.07, 6.45) is 1.81. The van der Waals surface area contributed by atoms with E-state index in [0.29, 0.717) is 19.8 Å². The van der Waals surface area contributed by atoms with Gasteiger partial charge in [0, 0.05) is 26.4 Å². The van der Waals surface area contributed by atoms with Crippen LogP contribution in [0.2, 0.25) is 0 Å². The smallest absolute Gasteiger partial charge is 0.242 e. The van der Waals surface area contributed by atoms with Gasteiger partial charge >= 0.3 is 0 Å². The van der Waals surface area contributed by atoms with E-state index in [-0.39, 0.29) is 52.6 Å². The molecule has 1 saturated heterocycles. The molecule has 0 bridgehead atoms. The third-order valence-electron chi connectivity index (χ3n) is 5.03. The van der Waals surface area contributed by atoms with Gasteiger partial charge in [-0.25, -0.2) is 0 Å². The van der Waals surface area contributed by atoms with E-state index in [9.17, 15) is 14.4 Å². The lowest BCUT2D eigenvalue weighted by molar-refractivity contribution is -0.138. The Morgan fingerprint density at radius 2 is 1.68 bits per heavy atom. The SMILES string of the molecule is CC(=O)NCCN1C(=O)CC(SCCC(C)(C)OCCC(C)(C)OCC(C)(C)C)C1=O. The van der Waals surface area contributed by atoms with Crippen molar-refractivity contribution in [3.05, 3.63) is 0 Å². The van der Waals surface area contributed by atoms with Crippen molar-refractivity contribution in [2.24, 2.45) is 5.41 Å². The zero-order valence-corrected chi connectivity index (χ0v) is 21.4. The molecule has 0 radical (unpaired) electrons. The maximum atomic E-state index is 12.5. The van der Waals surface area contributed by atoms with Crippen molar-refractivity contribution >= 4 is 29.5 Å². The normalized spacial score (nSPS) is 18.1. The van der Waals surface area contributed by atoms with Gasteiger partial charge in [-0.1, -0.05) is 20.8 Å². The number of carbonyl (C=O) groups is 3. The number of imide groups is 1. The molecule has 1 atom stereocenters. The first-order chi connectivity index (χ1) is 14.1. The third kappa shape index (κ3) is 11.3. The number of nitrogens with one attached hydrogen (secondary N) is 1. The van der Waals surface area contributed by atoms with Gasteiger partial charge in [-0.2, -0.15) is 0 Å². The first kappa shape index (κ1) is 27.9. The molecule has 1 aliphatic heterocycles. The molecule has 7 nitrogen and oxygen atoms in total. The standard InChI is InChI=1S/C23H42N2O5S/c1-17(26)24-11-12-25-19(27)15-18(20(25)28)31-14-10-23(7,8)29-13-9-22(5,6)30-16-21(2,3)4/h18H,9-16H2,1-8H3,(H,24,26). The Hall–Kier alpha value is -1.12. The minimum Gasteiger partial charge on any atom is -0.375 e. The number of rotatable bonds is 13. The molecule has 0 aliphatic carbocycles. The number of amides is 3. The first-order valence-electron chi connectivity index (χ1n) is 11.1. The van der Waals surface area contributed by atoms with E-state index in [1.165, 1.54) is 23.6 Å². The molecule has 1 fully saturated rings. The van der Waals surface area contributed by atoms with Crippen molar-refractivity contribution in [1.29, 1.82) is 0 Å². The molecule has 1 aliphatic rings. The highest BCUT2D eigenvalue weighted by Gasteiger charge is 2.38. The first-order valence-corrected chi connectivity index (χ1v) is 12.1. The average Bonchev–Trinajstić information content (AvgIpc) is 2.86. The lowest BCUT2D eigenvalue weighted by atomic mass is 9.97. The Labute approximate surface area is 192 Å². The van der Waals surface area contributed by atoms with Crippen LogP contribution in [-0.2, 0) is 23.9 Å². The van der Waals surface area contributed by atoms with E-state index in [1.807, 2.05) is 0 Å². The van der Waals surface area contributed by atoms with Crippen molar-refractivity contribution in [3.63, 3.8) is 0 Å². The molecule has 1 rings (SSSR count). The van der Waals surface area contributed by atoms with Crippen molar-refractivity contribution in [2.45, 2.75) is 91.1 Å². The Morgan fingerprint density at radius 1 is 1.06 bits per heavy atom. The van der Waals surface area contributed by atoms with Crippen molar-refractivity contribution in [3.8, 4) is 0 Å². The van der Waals surface area contributed by atoms with Crippen molar-refractivity contribution < 1.29 is 23.9 Å². The number of carbonyl (C=O) groups excluding carboxylic acids is 3. The van der Waals surface area contributed by atoms with Gasteiger partial charge in [-0.3, -0.25) is 19.3 Å². The maximum absolute atomic E-state index is 12.5. The van der Waals surface area contributed by atoms with E-state index >= 15 is 0 Å². The van der Waals surface area contributed by atoms with Gasteiger partial charge in [-0.05, 0) is 51.7 Å². The molecule has 0 aromatic rings. The topological polar surface area (TPSA) is 84.9 Å². The van der Waals surface area contributed by atoms with Gasteiger partial charge in [0.2, 0.25) is 17.7 Å². The largest absolute Gasteiger partial charge is 0.375 e. The lowest BCUT2D eigenvalue weighted by Gasteiger charge is -2.32. The van der Waals surface area contributed by atoms with Gasteiger partial charge in [-0.15, -0.1) is 11.8 Å². The second-order valence-corrected chi connectivity index (χ2v) is 12.0. The van der Waals surface area contributed by atoms with Crippen LogP contribution in [-0.4, -0.2) is 71.1 Å². The summed E-state index contributed by atoms with van der Waals surface area (Å²) >= 11 is 1.51. The fraction of sp³-hybridized carbons (Fsp3) is 0.870. The quantitative estimate of drug-likeness (QED) is 0.426. The van der Waals surface area contributed by atoms with Crippen LogP contribution < -0.4 is 5.32 Å². The van der Waals surface area contributed by atoms with Crippen LogP contribution in [0.3, 0.4) is 0 Å². The maximum Gasteiger partial charge on any atom is 0.242 e. The number of hydrogen-bond donors (Lipinski definition) is 1. The van der Waals surface area contributed by atoms with Crippen LogP contribution >= 0.6 is 11.8 Å². The molecule has 180 valence electrons. The highest BCUT2D eigenvalue weighted by Crippen LogP contribution is 2.28. The highest BCUT2D eigenvalue weighted by atomic mass is 32.2. The molecule has 1 unspecified atom stereocenters. The van der Waals surface area contributed by atoms with Crippen LogP contribution in [0.15, 0.2) is 0 Å². The Kier molecular flexibility index (Phi) is 10.5. The second-order valence-electron chi connectivity index (χ2n) is 10.6. The van der Waals surface area contributed by atoms with Crippen molar-refractivity contribution in [1.82, 2.24) is 10.2 Å². The van der Waals surface area contributed by atoms with Gasteiger partial charge in [0.1, 0.15) is 0 Å². The van der Waals surface area contributed by atoms with Crippen LogP contribution in [0.5, 0.6) is 0 Å². The summed E-state index contributed by atoms with van der Waals surface area (Å²) < 4.78 is 12.2. The molecule has 0 aromatic carbocycles. The van der Waals surface area contributed by atoms with E-state index in [0.717, 1.165) is 18.6 Å². The predicted octanol–water partition coefficient (Wildman–Crippen LogP) is 3.40. The van der Waals surface area contributed by atoms with Gasteiger partial charge in [0.25, 0.3) is 0 Å². The Bertz CT molecular complexity index is 628. The molecule has 3 amide bonds. The fourth-order valence-electron chi connectivity index (χ4n) is 2.94. The molecule has 31 heavy (non-hydrogen) atoms. The number of nitrogens with zero attached hydrogens (tertiary/aromatic N) is 1. The summed E-state index contributed by atoms with van der Waals surface area (Å²) in [7, 11) is 0. The average molecular weight is 459 g/mol. The molecular formula is C23H42N2O5S. The fourth-order valence-corrected chi connectivity index (χ4v) is 4.36. The highest BCUT2D eigenvalue weighted by molar-refractivity contribution is 8.00. The molecule has 1 heterocycles. The minimum absolute atomic E-state index is 0.132. The van der Waals surface area contributed by atoms with Crippen LogP contribution in [0.25, 0.3) is 0 Å². The zero-order chi connectivity index (χ0) is 23.9. The Balaban J connectivity index is 2.34. The number of ether oxygens (including phenoxy) is 2. The van der Waals surface area contributed by atoms with E-state index in [2.05, 4.69) is 53.8 Å². The molecule has 0 spiro atoms. The lowest BCUT2D eigenvalue weighted by Crippen LogP contribution is -2.38. The zero-order valence-electron chi connectivity index (χ0n) is 20.6. The van der Waals surface area contributed by atoms with Gasteiger partial charge < -0.3 is 14.8 Å². The van der Waals surface area contributed by atoms with Crippen LogP contribution in [0, 0.1) is 5.41 Å². The molecule has 0 saturated carbocycles. The monoisotopic (exact) mass is 458 g/mol. The predicted molar refractivity (Wildman–Crippen MR) is 125 cm³/mol. The molecule has 8 heteroatoms. The van der Waals surface area contributed by atoms with Crippen LogP contribution in [0.1, 0.15) is 74.7 Å². The number of thioether (sulfide) groups is 1. The minimum atomic E-state index is -0.342. The summed E-state index contributed by atoms with van der Waals surface area (Å²) in [5, 5.41) is 2.28. The van der Waals surface area contributed by atoms with Crippen LogP contribution in [0.4, 0.5) is 0 Å². The molecular weight excluding hydrogens is 416 g/mol. The number of hydrogen-bond acceptors (Lipinski definition) is 6. The number of likely N-dealkylation sites (tertiary alicyclic amines) is 1. The summed E-state index contributed by atoms with van der Waals surface area (Å²) in [6, 6.07) is 0. The summed E-state index contributed by atoms with van der Waals surface area (Å²) in [6.45, 7) is 18.0. The van der Waals surface area contributed by atoms with E-state index in [4.69, 9.17) is 9.47 Å². The molecule has 0 aromatic heterocycles. The van der Waals surface area contributed by atoms with Gasteiger partial charge in [0.05, 0.1) is 29.7 Å². The van der Waals surface area contributed by atoms with Gasteiger partial charge in [0.15, 0.2) is 0 Å². The summed E-state index contributed by atoms with van der Waals surface area (Å²) in [5.74, 6) is 0.245. The second kappa shape index (κ2) is 11.7. The summed E-state index contributed by atoms with van der Waals surface area (Å²) in [5.41, 5.74) is -0.424. The van der Waals surface area contributed by atoms with E-state index < -0.39 is 0 Å². The Morgan fingerprint density at radius 3 is 2.26 bits per heavy atom. The van der Waals surface area contributed by atoms with Crippen molar-refractivity contribution in [2.75, 3.05) is 32.1 Å².